The lowest BCUT2D eigenvalue weighted by Gasteiger charge is -2.06. The van der Waals surface area contributed by atoms with Gasteiger partial charge in [0.2, 0.25) is 0 Å². The Kier molecular flexibility index (Phi) is 6.66. The predicted octanol–water partition coefficient (Wildman–Crippen LogP) is 1.10. The molecule has 18 heavy (non-hydrogen) atoms. The summed E-state index contributed by atoms with van der Waals surface area (Å²) in [5, 5.41) is 2.63. The number of hydrogen-bond acceptors (Lipinski definition) is 5. The minimum atomic E-state index is -0.416. The smallest absolute Gasteiger partial charge is 0.320 e. The highest BCUT2D eigenvalue weighted by Crippen LogP contribution is 2.07. The van der Waals surface area contributed by atoms with Crippen molar-refractivity contribution in [2.45, 2.75) is 6.61 Å². The van der Waals surface area contributed by atoms with Gasteiger partial charge in [0.05, 0.1) is 20.2 Å². The maximum absolute atomic E-state index is 11.3. The summed E-state index contributed by atoms with van der Waals surface area (Å²) < 4.78 is 10.6. The number of carbonyl (C=O) groups is 2. The molecule has 5 nitrogen and oxygen atoms in total. The van der Waals surface area contributed by atoms with Crippen molar-refractivity contribution in [3.8, 4) is 0 Å². The SMILES string of the molecule is COC(=O)CNCC(=O)OCc1ccc(I)cc1. The van der Waals surface area contributed by atoms with E-state index in [1.807, 2.05) is 24.3 Å². The average Bonchev–Trinajstić information content (AvgIpc) is 2.38. The van der Waals surface area contributed by atoms with Crippen LogP contribution in [0.25, 0.3) is 0 Å². The monoisotopic (exact) mass is 363 g/mol. The van der Waals surface area contributed by atoms with E-state index in [0.29, 0.717) is 0 Å². The van der Waals surface area contributed by atoms with E-state index in [0.717, 1.165) is 9.13 Å². The second-order valence-corrected chi connectivity index (χ2v) is 4.71. The fourth-order valence-electron chi connectivity index (χ4n) is 1.13. The molecule has 0 heterocycles. The van der Waals surface area contributed by atoms with Crippen molar-refractivity contribution in [3.63, 3.8) is 0 Å². The summed E-state index contributed by atoms with van der Waals surface area (Å²) in [4.78, 5) is 22.1. The Morgan fingerprint density at radius 3 is 2.39 bits per heavy atom. The molecule has 0 aromatic heterocycles. The third-order valence-electron chi connectivity index (χ3n) is 2.08. The molecule has 1 N–H and O–H groups in total. The van der Waals surface area contributed by atoms with Gasteiger partial charge < -0.3 is 9.47 Å². The Hall–Kier alpha value is -1.15. The van der Waals surface area contributed by atoms with Gasteiger partial charge in [-0.3, -0.25) is 14.9 Å². The van der Waals surface area contributed by atoms with Crippen molar-refractivity contribution in [3.05, 3.63) is 33.4 Å². The van der Waals surface area contributed by atoms with Crippen LogP contribution in [0.15, 0.2) is 24.3 Å². The lowest BCUT2D eigenvalue weighted by molar-refractivity contribution is -0.144. The van der Waals surface area contributed by atoms with E-state index in [9.17, 15) is 9.59 Å². The van der Waals surface area contributed by atoms with Crippen LogP contribution in [0.2, 0.25) is 0 Å². The molecule has 1 aromatic carbocycles. The molecule has 0 amide bonds. The van der Waals surface area contributed by atoms with E-state index in [-0.39, 0.29) is 19.7 Å². The minimum Gasteiger partial charge on any atom is -0.468 e. The highest BCUT2D eigenvalue weighted by Gasteiger charge is 2.05. The summed E-state index contributed by atoms with van der Waals surface area (Å²) in [5.74, 6) is -0.821. The van der Waals surface area contributed by atoms with E-state index >= 15 is 0 Å². The molecule has 0 aliphatic heterocycles. The van der Waals surface area contributed by atoms with Crippen LogP contribution in [-0.4, -0.2) is 32.1 Å². The number of methoxy groups -OCH3 is 1. The van der Waals surface area contributed by atoms with Gasteiger partial charge in [-0.25, -0.2) is 0 Å². The predicted molar refractivity (Wildman–Crippen MR) is 73.8 cm³/mol. The molecular weight excluding hydrogens is 349 g/mol. The van der Waals surface area contributed by atoms with Crippen molar-refractivity contribution < 1.29 is 19.1 Å². The fourth-order valence-corrected chi connectivity index (χ4v) is 1.49. The molecule has 0 spiro atoms. The normalized spacial score (nSPS) is 9.89. The Morgan fingerprint density at radius 2 is 1.78 bits per heavy atom. The first kappa shape index (κ1) is 14.9. The zero-order valence-corrected chi connectivity index (χ0v) is 12.1. The highest BCUT2D eigenvalue weighted by molar-refractivity contribution is 14.1. The van der Waals surface area contributed by atoms with Gasteiger partial charge in [0.15, 0.2) is 0 Å². The summed E-state index contributed by atoms with van der Waals surface area (Å²) in [6, 6.07) is 7.69. The van der Waals surface area contributed by atoms with E-state index in [1.54, 1.807) is 0 Å². The largest absolute Gasteiger partial charge is 0.468 e. The van der Waals surface area contributed by atoms with Crippen molar-refractivity contribution in [1.29, 1.82) is 0 Å². The molecule has 0 fully saturated rings. The minimum absolute atomic E-state index is 0.00483. The quantitative estimate of drug-likeness (QED) is 0.606. The molecule has 0 saturated carbocycles. The van der Waals surface area contributed by atoms with Crippen LogP contribution in [0.4, 0.5) is 0 Å². The molecule has 1 aromatic rings. The first-order valence-electron chi connectivity index (χ1n) is 5.29. The molecule has 0 aliphatic rings. The highest BCUT2D eigenvalue weighted by atomic mass is 127. The lowest BCUT2D eigenvalue weighted by Crippen LogP contribution is -2.30. The standard InChI is InChI=1S/C12H14INO4/c1-17-11(15)6-14-7-12(16)18-8-9-2-4-10(13)5-3-9/h2-5,14H,6-8H2,1H3. The van der Waals surface area contributed by atoms with Crippen LogP contribution in [0.3, 0.4) is 0 Å². The van der Waals surface area contributed by atoms with Gasteiger partial charge in [0, 0.05) is 3.57 Å². The summed E-state index contributed by atoms with van der Waals surface area (Å²) in [6.07, 6.45) is 0. The van der Waals surface area contributed by atoms with E-state index in [1.165, 1.54) is 7.11 Å². The molecule has 0 aliphatic carbocycles. The molecule has 98 valence electrons. The zero-order valence-electron chi connectivity index (χ0n) is 9.94. The summed E-state index contributed by atoms with van der Waals surface area (Å²) in [7, 11) is 1.29. The summed E-state index contributed by atoms with van der Waals surface area (Å²) >= 11 is 2.20. The van der Waals surface area contributed by atoms with Crippen LogP contribution < -0.4 is 5.32 Å². The number of esters is 2. The average molecular weight is 363 g/mol. The van der Waals surface area contributed by atoms with Gasteiger partial charge >= 0.3 is 11.9 Å². The van der Waals surface area contributed by atoms with Crippen molar-refractivity contribution in [2.24, 2.45) is 0 Å². The van der Waals surface area contributed by atoms with Crippen LogP contribution >= 0.6 is 22.6 Å². The van der Waals surface area contributed by atoms with Gasteiger partial charge in [-0.1, -0.05) is 12.1 Å². The third-order valence-corrected chi connectivity index (χ3v) is 2.80. The van der Waals surface area contributed by atoms with Gasteiger partial charge in [0.25, 0.3) is 0 Å². The Morgan fingerprint density at radius 1 is 1.17 bits per heavy atom. The molecular formula is C12H14INO4. The van der Waals surface area contributed by atoms with Gasteiger partial charge in [0.1, 0.15) is 6.61 Å². The molecule has 6 heteroatoms. The molecule has 0 atom stereocenters. The third kappa shape index (κ3) is 5.97. The Bertz CT molecular complexity index is 405. The maximum atomic E-state index is 11.3. The van der Waals surface area contributed by atoms with E-state index in [2.05, 4.69) is 32.6 Å². The molecule has 0 bridgehead atoms. The van der Waals surface area contributed by atoms with Gasteiger partial charge in [-0.2, -0.15) is 0 Å². The molecule has 1 rings (SSSR count). The van der Waals surface area contributed by atoms with Crippen molar-refractivity contribution >= 4 is 34.5 Å². The number of carbonyl (C=O) groups excluding carboxylic acids is 2. The topological polar surface area (TPSA) is 64.6 Å². The van der Waals surface area contributed by atoms with Crippen LogP contribution in [0.5, 0.6) is 0 Å². The second-order valence-electron chi connectivity index (χ2n) is 3.47. The number of rotatable bonds is 6. The number of hydrogen-bond donors (Lipinski definition) is 1. The first-order valence-corrected chi connectivity index (χ1v) is 6.37. The Balaban J connectivity index is 2.21. The number of benzene rings is 1. The molecule has 0 saturated heterocycles. The summed E-state index contributed by atoms with van der Waals surface area (Å²) in [5.41, 5.74) is 0.928. The van der Waals surface area contributed by atoms with Crippen LogP contribution in [0, 0.1) is 3.57 Å². The van der Waals surface area contributed by atoms with E-state index < -0.39 is 11.9 Å². The number of halogens is 1. The van der Waals surface area contributed by atoms with E-state index in [4.69, 9.17) is 4.74 Å². The number of nitrogens with one attached hydrogen (secondary N) is 1. The van der Waals surface area contributed by atoms with Crippen molar-refractivity contribution in [1.82, 2.24) is 5.32 Å². The lowest BCUT2D eigenvalue weighted by atomic mass is 10.2. The fraction of sp³-hybridized carbons (Fsp3) is 0.333. The maximum Gasteiger partial charge on any atom is 0.320 e. The Labute approximate surface area is 119 Å². The number of ether oxygens (including phenoxy) is 2. The van der Waals surface area contributed by atoms with Crippen LogP contribution in [-0.2, 0) is 25.7 Å². The summed E-state index contributed by atoms with van der Waals surface area (Å²) in [6.45, 7) is 0.213. The first-order chi connectivity index (χ1) is 8.61. The zero-order chi connectivity index (χ0) is 13.4. The van der Waals surface area contributed by atoms with Crippen molar-refractivity contribution in [2.75, 3.05) is 20.2 Å². The second kappa shape index (κ2) is 8.04. The van der Waals surface area contributed by atoms with Gasteiger partial charge in [-0.05, 0) is 40.3 Å². The van der Waals surface area contributed by atoms with Gasteiger partial charge in [-0.15, -0.1) is 0 Å². The van der Waals surface area contributed by atoms with Crippen LogP contribution in [0.1, 0.15) is 5.56 Å². The molecule has 0 radical (unpaired) electrons. The molecule has 0 unspecified atom stereocenters.